The predicted octanol–water partition coefficient (Wildman–Crippen LogP) is 1.45. The Hall–Kier alpha value is -2.76. The summed E-state index contributed by atoms with van der Waals surface area (Å²) in [6, 6.07) is 9.41. The summed E-state index contributed by atoms with van der Waals surface area (Å²) in [6.07, 6.45) is 3.81. The van der Waals surface area contributed by atoms with Crippen LogP contribution in [0.3, 0.4) is 0 Å². The molecule has 0 bridgehead atoms. The largest absolute Gasteiger partial charge is 0.350 e. The third-order valence-electron chi connectivity index (χ3n) is 3.87. The van der Waals surface area contributed by atoms with Crippen molar-refractivity contribution < 1.29 is 9.59 Å². The fourth-order valence-corrected chi connectivity index (χ4v) is 2.60. The highest BCUT2D eigenvalue weighted by atomic mass is 16.2. The van der Waals surface area contributed by atoms with E-state index in [1.165, 1.54) is 0 Å². The number of nitrogens with one attached hydrogen (secondary N) is 1. The Balaban J connectivity index is 1.60. The lowest BCUT2D eigenvalue weighted by Crippen LogP contribution is -2.36. The number of aromatic nitrogens is 2. The van der Waals surface area contributed by atoms with Crippen molar-refractivity contribution >= 4 is 17.5 Å². The Morgan fingerprint density at radius 2 is 2.04 bits per heavy atom. The van der Waals surface area contributed by atoms with Crippen LogP contribution < -0.4 is 10.2 Å². The van der Waals surface area contributed by atoms with Gasteiger partial charge in [-0.05, 0) is 25.5 Å². The van der Waals surface area contributed by atoms with Gasteiger partial charge in [0.2, 0.25) is 11.8 Å². The number of benzene rings is 1. The number of para-hydroxylation sites is 1. The van der Waals surface area contributed by atoms with Crippen LogP contribution in [0.15, 0.2) is 42.7 Å². The van der Waals surface area contributed by atoms with Crippen LogP contribution in [0.2, 0.25) is 0 Å². The highest BCUT2D eigenvalue weighted by molar-refractivity contribution is 6.09. The zero-order valence-corrected chi connectivity index (χ0v) is 12.9. The molecule has 1 aliphatic rings. The van der Waals surface area contributed by atoms with Crippen molar-refractivity contribution in [1.82, 2.24) is 15.3 Å². The predicted molar refractivity (Wildman–Crippen MR) is 85.5 cm³/mol. The molecule has 6 nitrogen and oxygen atoms in total. The number of anilines is 1. The molecule has 1 aromatic carbocycles. The van der Waals surface area contributed by atoms with Crippen molar-refractivity contribution in [3.05, 3.63) is 54.1 Å². The molecule has 1 aliphatic heterocycles. The number of hydrogen-bond donors (Lipinski definition) is 1. The number of nitrogens with zero attached hydrogens (tertiary/aromatic N) is 3. The van der Waals surface area contributed by atoms with Crippen molar-refractivity contribution in [3.63, 3.8) is 0 Å². The Kier molecular flexibility index (Phi) is 4.32. The molecule has 2 aromatic rings. The molecule has 2 heterocycles. The molecule has 2 amide bonds. The summed E-state index contributed by atoms with van der Waals surface area (Å²) in [5, 5.41) is 2.77. The Morgan fingerprint density at radius 3 is 2.74 bits per heavy atom. The second-order valence-electron chi connectivity index (χ2n) is 5.53. The minimum Gasteiger partial charge on any atom is -0.350 e. The zero-order valence-electron chi connectivity index (χ0n) is 12.9. The lowest BCUT2D eigenvalue weighted by molar-refractivity contribution is -0.132. The standard InChI is InChI=1S/C17H18N4O2/c1-12-9-19-13(10-18-12)11-20-16(22)15-7-8-21(17(15)23)14-5-3-2-4-6-14/h2-6,9-10,15H,7-8,11H2,1H3,(H,20,22)/t15-/m0/s1. The molecule has 1 fully saturated rings. The first kappa shape index (κ1) is 15.1. The molecule has 0 radical (unpaired) electrons. The van der Waals surface area contributed by atoms with Crippen molar-refractivity contribution in [2.75, 3.05) is 11.4 Å². The fraction of sp³-hybridized carbons (Fsp3) is 0.294. The van der Waals surface area contributed by atoms with Crippen LogP contribution in [-0.2, 0) is 16.1 Å². The number of rotatable bonds is 4. The SMILES string of the molecule is Cc1cnc(CNC(=O)[C@@H]2CCN(c3ccccc3)C2=O)cn1. The first-order valence-electron chi connectivity index (χ1n) is 7.57. The van der Waals surface area contributed by atoms with Crippen LogP contribution in [0.4, 0.5) is 5.69 Å². The van der Waals surface area contributed by atoms with Crippen molar-refractivity contribution in [3.8, 4) is 0 Å². The van der Waals surface area contributed by atoms with Crippen LogP contribution in [-0.4, -0.2) is 28.3 Å². The van der Waals surface area contributed by atoms with Crippen LogP contribution >= 0.6 is 0 Å². The maximum absolute atomic E-state index is 12.4. The lowest BCUT2D eigenvalue weighted by Gasteiger charge is -2.16. The normalized spacial score (nSPS) is 17.3. The molecule has 1 saturated heterocycles. The van der Waals surface area contributed by atoms with Gasteiger partial charge in [0.05, 0.1) is 24.1 Å². The average Bonchev–Trinajstić information content (AvgIpc) is 2.96. The highest BCUT2D eigenvalue weighted by Crippen LogP contribution is 2.25. The van der Waals surface area contributed by atoms with Crippen LogP contribution in [0.1, 0.15) is 17.8 Å². The van der Waals surface area contributed by atoms with Crippen molar-refractivity contribution in [1.29, 1.82) is 0 Å². The summed E-state index contributed by atoms with van der Waals surface area (Å²) in [4.78, 5) is 34.7. The second-order valence-corrected chi connectivity index (χ2v) is 5.53. The summed E-state index contributed by atoms with van der Waals surface area (Å²) >= 11 is 0. The van der Waals surface area contributed by atoms with E-state index in [2.05, 4.69) is 15.3 Å². The maximum atomic E-state index is 12.4. The third-order valence-corrected chi connectivity index (χ3v) is 3.87. The van der Waals surface area contributed by atoms with Crippen molar-refractivity contribution in [2.24, 2.45) is 5.92 Å². The minimum atomic E-state index is -0.631. The zero-order chi connectivity index (χ0) is 16.2. The molecule has 23 heavy (non-hydrogen) atoms. The first-order valence-corrected chi connectivity index (χ1v) is 7.57. The summed E-state index contributed by atoms with van der Waals surface area (Å²) in [5.41, 5.74) is 2.33. The van der Waals surface area contributed by atoms with Crippen molar-refractivity contribution in [2.45, 2.75) is 19.9 Å². The molecule has 1 aromatic heterocycles. The number of carbonyl (C=O) groups excluding carboxylic acids is 2. The number of aryl methyl sites for hydroxylation is 1. The molecule has 0 unspecified atom stereocenters. The molecular weight excluding hydrogens is 292 g/mol. The summed E-state index contributed by atoms with van der Waals surface area (Å²) in [6.45, 7) is 2.69. The van der Waals surface area contributed by atoms with E-state index in [1.807, 2.05) is 37.3 Å². The molecule has 1 atom stereocenters. The van der Waals surface area contributed by atoms with Gasteiger partial charge in [0.15, 0.2) is 0 Å². The van der Waals surface area contributed by atoms with Crippen LogP contribution in [0.25, 0.3) is 0 Å². The minimum absolute atomic E-state index is 0.149. The van der Waals surface area contributed by atoms with Gasteiger partial charge in [0.25, 0.3) is 0 Å². The van der Waals surface area contributed by atoms with E-state index in [1.54, 1.807) is 17.3 Å². The van der Waals surface area contributed by atoms with E-state index in [0.717, 1.165) is 11.4 Å². The van der Waals surface area contributed by atoms with Gasteiger partial charge in [0.1, 0.15) is 5.92 Å². The molecule has 6 heteroatoms. The quantitative estimate of drug-likeness (QED) is 0.867. The highest BCUT2D eigenvalue weighted by Gasteiger charge is 2.37. The number of carbonyl (C=O) groups is 2. The van der Waals surface area contributed by atoms with Gasteiger partial charge >= 0.3 is 0 Å². The topological polar surface area (TPSA) is 75.2 Å². The molecule has 0 aliphatic carbocycles. The molecule has 0 spiro atoms. The lowest BCUT2D eigenvalue weighted by atomic mass is 10.1. The van der Waals surface area contributed by atoms with E-state index in [0.29, 0.717) is 18.7 Å². The first-order chi connectivity index (χ1) is 11.1. The smallest absolute Gasteiger partial charge is 0.239 e. The van der Waals surface area contributed by atoms with E-state index in [9.17, 15) is 9.59 Å². The van der Waals surface area contributed by atoms with Gasteiger partial charge in [-0.3, -0.25) is 19.6 Å². The summed E-state index contributed by atoms with van der Waals surface area (Å²) in [5.74, 6) is -1.03. The van der Waals surface area contributed by atoms with Crippen LogP contribution in [0.5, 0.6) is 0 Å². The fourth-order valence-electron chi connectivity index (χ4n) is 2.60. The summed E-state index contributed by atoms with van der Waals surface area (Å²) < 4.78 is 0. The Bertz CT molecular complexity index is 700. The van der Waals surface area contributed by atoms with Gasteiger partial charge < -0.3 is 10.2 Å². The molecule has 3 rings (SSSR count). The van der Waals surface area contributed by atoms with Gasteiger partial charge in [-0.1, -0.05) is 18.2 Å². The maximum Gasteiger partial charge on any atom is 0.239 e. The van der Waals surface area contributed by atoms with Gasteiger partial charge in [-0.2, -0.15) is 0 Å². The molecular formula is C17H18N4O2. The molecule has 1 N–H and O–H groups in total. The van der Waals surface area contributed by atoms with Gasteiger partial charge in [-0.25, -0.2) is 0 Å². The van der Waals surface area contributed by atoms with E-state index in [-0.39, 0.29) is 18.4 Å². The second kappa shape index (κ2) is 6.56. The van der Waals surface area contributed by atoms with Crippen LogP contribution in [0, 0.1) is 12.8 Å². The monoisotopic (exact) mass is 310 g/mol. The van der Waals surface area contributed by atoms with Gasteiger partial charge in [-0.15, -0.1) is 0 Å². The number of hydrogen-bond acceptors (Lipinski definition) is 4. The molecule has 0 saturated carbocycles. The van der Waals surface area contributed by atoms with E-state index >= 15 is 0 Å². The molecule has 118 valence electrons. The van der Waals surface area contributed by atoms with E-state index in [4.69, 9.17) is 0 Å². The summed E-state index contributed by atoms with van der Waals surface area (Å²) in [7, 11) is 0. The van der Waals surface area contributed by atoms with E-state index < -0.39 is 5.92 Å². The number of amides is 2. The third kappa shape index (κ3) is 3.36. The Morgan fingerprint density at radius 1 is 1.26 bits per heavy atom. The van der Waals surface area contributed by atoms with Gasteiger partial charge in [0, 0.05) is 18.4 Å². The Labute approximate surface area is 134 Å². The average molecular weight is 310 g/mol.